The van der Waals surface area contributed by atoms with Crippen LogP contribution >= 0.6 is 0 Å². The van der Waals surface area contributed by atoms with Crippen LogP contribution in [0.15, 0.2) is 30.9 Å². The minimum absolute atomic E-state index is 0.0544. The molecule has 1 aliphatic rings. The van der Waals surface area contributed by atoms with Crippen LogP contribution in [0.4, 0.5) is 0 Å². The van der Waals surface area contributed by atoms with Crippen molar-refractivity contribution in [3.05, 3.63) is 42.2 Å². The van der Waals surface area contributed by atoms with Gasteiger partial charge in [0.25, 0.3) is 0 Å². The molecule has 2 aromatic rings. The Morgan fingerprint density at radius 1 is 1.45 bits per heavy atom. The average molecular weight is 299 g/mol. The van der Waals surface area contributed by atoms with Gasteiger partial charge in [0, 0.05) is 18.7 Å². The van der Waals surface area contributed by atoms with Crippen LogP contribution in [-0.2, 0) is 11.3 Å². The molecule has 1 atom stereocenters. The number of rotatable bonds is 7. The Bertz CT molecular complexity index is 621. The lowest BCUT2D eigenvalue weighted by Gasteiger charge is -2.18. The first-order valence-corrected chi connectivity index (χ1v) is 7.78. The molecule has 1 aliphatic carbocycles. The van der Waals surface area contributed by atoms with Crippen molar-refractivity contribution in [1.29, 1.82) is 0 Å². The Morgan fingerprint density at radius 3 is 3.00 bits per heavy atom. The number of nitrogens with zero attached hydrogens (tertiary/aromatic N) is 4. The van der Waals surface area contributed by atoms with Crippen molar-refractivity contribution in [1.82, 2.24) is 25.1 Å². The number of pyridine rings is 1. The van der Waals surface area contributed by atoms with E-state index in [1.54, 1.807) is 11.0 Å². The van der Waals surface area contributed by atoms with Crippen molar-refractivity contribution in [2.24, 2.45) is 5.92 Å². The predicted octanol–water partition coefficient (Wildman–Crippen LogP) is 2.03. The zero-order valence-corrected chi connectivity index (χ0v) is 12.8. The van der Waals surface area contributed by atoms with Crippen molar-refractivity contribution in [2.75, 3.05) is 0 Å². The fourth-order valence-corrected chi connectivity index (χ4v) is 2.60. The van der Waals surface area contributed by atoms with E-state index in [0.29, 0.717) is 18.9 Å². The molecule has 1 amide bonds. The molecule has 0 aliphatic heterocycles. The standard InChI is InChI=1S/C16H21N5O/c1-12-4-2-5-14(19-12)16(13-7-8-13)20-15(22)6-3-9-21-11-17-10-18-21/h2,4-5,10-11,13,16H,3,6-9H2,1H3,(H,20,22)/t16-/m0/s1. The highest BCUT2D eigenvalue weighted by atomic mass is 16.1. The van der Waals surface area contributed by atoms with E-state index in [0.717, 1.165) is 17.8 Å². The summed E-state index contributed by atoms with van der Waals surface area (Å²) in [6.07, 6.45) is 6.76. The first kappa shape index (κ1) is 14.7. The van der Waals surface area contributed by atoms with Gasteiger partial charge in [-0.1, -0.05) is 6.07 Å². The molecule has 1 N–H and O–H groups in total. The van der Waals surface area contributed by atoms with Gasteiger partial charge in [0.15, 0.2) is 0 Å². The van der Waals surface area contributed by atoms with Crippen LogP contribution in [-0.4, -0.2) is 25.7 Å². The number of aryl methyl sites for hydroxylation is 2. The Labute approximate surface area is 130 Å². The van der Waals surface area contributed by atoms with Gasteiger partial charge in [0.1, 0.15) is 12.7 Å². The smallest absolute Gasteiger partial charge is 0.220 e. The third-order valence-corrected chi connectivity index (χ3v) is 3.90. The largest absolute Gasteiger partial charge is 0.347 e. The summed E-state index contributed by atoms with van der Waals surface area (Å²) in [5, 5.41) is 7.19. The number of carbonyl (C=O) groups is 1. The maximum absolute atomic E-state index is 12.2. The first-order chi connectivity index (χ1) is 10.7. The SMILES string of the molecule is Cc1cccc([C@@H](NC(=O)CCCn2cncn2)C2CC2)n1. The molecule has 1 saturated carbocycles. The van der Waals surface area contributed by atoms with Gasteiger partial charge in [-0.3, -0.25) is 14.5 Å². The highest BCUT2D eigenvalue weighted by Crippen LogP contribution is 2.40. The van der Waals surface area contributed by atoms with E-state index >= 15 is 0 Å². The molecular formula is C16H21N5O. The number of carbonyl (C=O) groups excluding carboxylic acids is 1. The minimum atomic E-state index is 0.0544. The van der Waals surface area contributed by atoms with Gasteiger partial charge in [-0.25, -0.2) is 4.98 Å². The Kier molecular flexibility index (Phi) is 4.46. The molecule has 0 bridgehead atoms. The lowest BCUT2D eigenvalue weighted by atomic mass is 10.1. The highest BCUT2D eigenvalue weighted by Gasteiger charge is 2.34. The quantitative estimate of drug-likeness (QED) is 0.849. The van der Waals surface area contributed by atoms with Gasteiger partial charge >= 0.3 is 0 Å². The van der Waals surface area contributed by atoms with E-state index in [9.17, 15) is 4.79 Å². The molecule has 2 aromatic heterocycles. The van der Waals surface area contributed by atoms with Crippen molar-refractivity contribution in [3.8, 4) is 0 Å². The Hall–Kier alpha value is -2.24. The second-order valence-corrected chi connectivity index (χ2v) is 5.85. The number of hydrogen-bond acceptors (Lipinski definition) is 4. The summed E-state index contributed by atoms with van der Waals surface area (Å²) in [6, 6.07) is 6.04. The summed E-state index contributed by atoms with van der Waals surface area (Å²) in [5.41, 5.74) is 1.97. The molecule has 0 radical (unpaired) electrons. The second-order valence-electron chi connectivity index (χ2n) is 5.85. The van der Waals surface area contributed by atoms with Crippen LogP contribution in [0, 0.1) is 12.8 Å². The topological polar surface area (TPSA) is 72.7 Å². The summed E-state index contributed by atoms with van der Waals surface area (Å²) in [4.78, 5) is 20.7. The fourth-order valence-electron chi connectivity index (χ4n) is 2.60. The molecule has 3 rings (SSSR count). The molecule has 0 spiro atoms. The molecule has 6 nitrogen and oxygen atoms in total. The van der Waals surface area contributed by atoms with Gasteiger partial charge in [0.2, 0.25) is 5.91 Å². The zero-order chi connectivity index (χ0) is 15.4. The molecule has 6 heteroatoms. The minimum Gasteiger partial charge on any atom is -0.347 e. The Morgan fingerprint density at radius 2 is 2.32 bits per heavy atom. The molecule has 0 unspecified atom stereocenters. The van der Waals surface area contributed by atoms with E-state index in [2.05, 4.69) is 20.4 Å². The lowest BCUT2D eigenvalue weighted by molar-refractivity contribution is -0.122. The van der Waals surface area contributed by atoms with E-state index in [-0.39, 0.29) is 11.9 Å². The average Bonchev–Trinajstić information content (AvgIpc) is 3.21. The molecule has 116 valence electrons. The molecule has 0 aromatic carbocycles. The van der Waals surface area contributed by atoms with E-state index in [1.807, 2.05) is 25.1 Å². The van der Waals surface area contributed by atoms with Crippen molar-refractivity contribution >= 4 is 5.91 Å². The van der Waals surface area contributed by atoms with E-state index in [4.69, 9.17) is 0 Å². The predicted molar refractivity (Wildman–Crippen MR) is 81.8 cm³/mol. The zero-order valence-electron chi connectivity index (χ0n) is 12.8. The van der Waals surface area contributed by atoms with Crippen LogP contribution < -0.4 is 5.32 Å². The van der Waals surface area contributed by atoms with Gasteiger partial charge in [0.05, 0.1) is 11.7 Å². The van der Waals surface area contributed by atoms with Gasteiger partial charge in [-0.15, -0.1) is 0 Å². The van der Waals surface area contributed by atoms with Gasteiger partial charge < -0.3 is 5.32 Å². The maximum Gasteiger partial charge on any atom is 0.220 e. The highest BCUT2D eigenvalue weighted by molar-refractivity contribution is 5.76. The monoisotopic (exact) mass is 299 g/mol. The number of amides is 1. The second kappa shape index (κ2) is 6.68. The van der Waals surface area contributed by atoms with Crippen LogP contribution in [0.3, 0.4) is 0 Å². The summed E-state index contributed by atoms with van der Waals surface area (Å²) in [7, 11) is 0. The first-order valence-electron chi connectivity index (χ1n) is 7.78. The maximum atomic E-state index is 12.2. The van der Waals surface area contributed by atoms with Gasteiger partial charge in [-0.2, -0.15) is 5.10 Å². The van der Waals surface area contributed by atoms with Crippen molar-refractivity contribution < 1.29 is 4.79 Å². The Balaban J connectivity index is 1.53. The summed E-state index contributed by atoms with van der Waals surface area (Å²) < 4.78 is 1.74. The van der Waals surface area contributed by atoms with E-state index < -0.39 is 0 Å². The third-order valence-electron chi connectivity index (χ3n) is 3.90. The van der Waals surface area contributed by atoms with Crippen LogP contribution in [0.5, 0.6) is 0 Å². The van der Waals surface area contributed by atoms with Gasteiger partial charge in [-0.05, 0) is 44.2 Å². The number of nitrogens with one attached hydrogen (secondary N) is 1. The van der Waals surface area contributed by atoms with Crippen molar-refractivity contribution in [3.63, 3.8) is 0 Å². The molecule has 22 heavy (non-hydrogen) atoms. The summed E-state index contributed by atoms with van der Waals surface area (Å²) in [6.45, 7) is 2.69. The third kappa shape index (κ3) is 3.90. The van der Waals surface area contributed by atoms with Crippen LogP contribution in [0.25, 0.3) is 0 Å². The fraction of sp³-hybridized carbons (Fsp3) is 0.500. The lowest BCUT2D eigenvalue weighted by Crippen LogP contribution is -2.30. The number of aromatic nitrogens is 4. The van der Waals surface area contributed by atoms with E-state index in [1.165, 1.54) is 19.2 Å². The summed E-state index contributed by atoms with van der Waals surface area (Å²) >= 11 is 0. The van der Waals surface area contributed by atoms with Crippen LogP contribution in [0.2, 0.25) is 0 Å². The van der Waals surface area contributed by atoms with Crippen molar-refractivity contribution in [2.45, 2.75) is 45.2 Å². The molecule has 2 heterocycles. The number of hydrogen-bond donors (Lipinski definition) is 1. The van der Waals surface area contributed by atoms with Crippen LogP contribution in [0.1, 0.15) is 43.1 Å². The molecule has 1 fully saturated rings. The normalized spacial score (nSPS) is 15.5. The molecule has 0 saturated heterocycles. The summed E-state index contributed by atoms with van der Waals surface area (Å²) in [5.74, 6) is 0.619. The molecular weight excluding hydrogens is 278 g/mol.